The highest BCUT2D eigenvalue weighted by Gasteiger charge is 2.11. The number of aliphatic imine (C=N–C) groups is 1. The molecule has 24 heavy (non-hydrogen) atoms. The van der Waals surface area contributed by atoms with Crippen LogP contribution in [-0.2, 0) is 13.1 Å². The van der Waals surface area contributed by atoms with Crippen molar-refractivity contribution < 1.29 is 8.81 Å². The number of halogens is 1. The number of aromatic nitrogens is 1. The Kier molecular flexibility index (Phi) is 4.80. The summed E-state index contributed by atoms with van der Waals surface area (Å²) in [6, 6.07) is 4.55. The van der Waals surface area contributed by atoms with Crippen molar-refractivity contribution in [1.29, 1.82) is 0 Å². The lowest BCUT2D eigenvalue weighted by Crippen LogP contribution is -2.36. The van der Waals surface area contributed by atoms with Gasteiger partial charge in [0.2, 0.25) is 0 Å². The molecular formula is C17H19FN4OS. The molecule has 2 heterocycles. The summed E-state index contributed by atoms with van der Waals surface area (Å²) in [5, 5.41) is 10.2. The highest BCUT2D eigenvalue weighted by molar-refractivity contribution is 7.09. The van der Waals surface area contributed by atoms with Gasteiger partial charge in [-0.2, -0.15) is 0 Å². The summed E-state index contributed by atoms with van der Waals surface area (Å²) in [5.74, 6) is 1.17. The van der Waals surface area contributed by atoms with Crippen LogP contribution in [0.3, 0.4) is 0 Å². The van der Waals surface area contributed by atoms with Gasteiger partial charge in [0.1, 0.15) is 22.2 Å². The summed E-state index contributed by atoms with van der Waals surface area (Å²) >= 11 is 1.61. The third-order valence-corrected chi connectivity index (χ3v) is 4.68. The fourth-order valence-corrected chi connectivity index (χ4v) is 3.15. The molecule has 0 saturated heterocycles. The molecule has 3 rings (SSSR count). The number of furan rings is 1. The molecule has 2 N–H and O–H groups in total. The summed E-state index contributed by atoms with van der Waals surface area (Å²) in [6.45, 7) is 4.98. The second-order valence-electron chi connectivity index (χ2n) is 5.45. The van der Waals surface area contributed by atoms with Gasteiger partial charge in [0.25, 0.3) is 0 Å². The third-order valence-electron chi connectivity index (χ3n) is 3.71. The Hall–Kier alpha value is -2.41. The highest BCUT2D eigenvalue weighted by atomic mass is 32.1. The number of aryl methyl sites for hydroxylation is 2. The van der Waals surface area contributed by atoms with Crippen molar-refractivity contribution in [1.82, 2.24) is 15.6 Å². The molecule has 3 aromatic rings. The zero-order valence-electron chi connectivity index (χ0n) is 13.8. The van der Waals surface area contributed by atoms with E-state index in [0.717, 1.165) is 27.4 Å². The predicted octanol–water partition coefficient (Wildman–Crippen LogP) is 3.51. The Labute approximate surface area is 143 Å². The number of hydrogen-bond acceptors (Lipinski definition) is 4. The molecule has 0 aliphatic rings. The van der Waals surface area contributed by atoms with Gasteiger partial charge in [-0.25, -0.2) is 9.37 Å². The third kappa shape index (κ3) is 3.56. The molecule has 0 saturated carbocycles. The minimum absolute atomic E-state index is 0.262. The molecule has 0 fully saturated rings. The molecule has 5 nitrogen and oxygen atoms in total. The van der Waals surface area contributed by atoms with Crippen molar-refractivity contribution in [2.45, 2.75) is 26.9 Å². The molecule has 0 bridgehead atoms. The van der Waals surface area contributed by atoms with Crippen molar-refractivity contribution in [3.8, 4) is 0 Å². The SMILES string of the molecule is CN=C(NCc1nc(C)cs1)NCc1oc2ccc(F)cc2c1C. The Morgan fingerprint density at radius 2 is 2.08 bits per heavy atom. The summed E-state index contributed by atoms with van der Waals surface area (Å²) in [4.78, 5) is 8.60. The minimum atomic E-state index is -0.262. The van der Waals surface area contributed by atoms with Gasteiger partial charge in [-0.3, -0.25) is 4.99 Å². The van der Waals surface area contributed by atoms with E-state index in [2.05, 4.69) is 20.6 Å². The smallest absolute Gasteiger partial charge is 0.191 e. The topological polar surface area (TPSA) is 62.5 Å². The van der Waals surface area contributed by atoms with Crippen molar-refractivity contribution in [2.24, 2.45) is 4.99 Å². The summed E-state index contributed by atoms with van der Waals surface area (Å²) in [6.07, 6.45) is 0. The summed E-state index contributed by atoms with van der Waals surface area (Å²) in [7, 11) is 1.71. The van der Waals surface area contributed by atoms with Crippen LogP contribution >= 0.6 is 11.3 Å². The van der Waals surface area contributed by atoms with Gasteiger partial charge < -0.3 is 15.1 Å². The lowest BCUT2D eigenvalue weighted by molar-refractivity contribution is 0.534. The monoisotopic (exact) mass is 346 g/mol. The maximum atomic E-state index is 13.4. The normalized spacial score (nSPS) is 11.9. The van der Waals surface area contributed by atoms with Crippen molar-refractivity contribution in [2.75, 3.05) is 7.05 Å². The van der Waals surface area contributed by atoms with Crippen LogP contribution in [0.15, 0.2) is 33.0 Å². The molecule has 2 aromatic heterocycles. The van der Waals surface area contributed by atoms with E-state index in [1.807, 2.05) is 19.2 Å². The van der Waals surface area contributed by atoms with E-state index >= 15 is 0 Å². The van der Waals surface area contributed by atoms with Crippen LogP contribution in [0.1, 0.15) is 22.0 Å². The van der Waals surface area contributed by atoms with Crippen molar-refractivity contribution in [3.63, 3.8) is 0 Å². The van der Waals surface area contributed by atoms with E-state index in [-0.39, 0.29) is 5.82 Å². The van der Waals surface area contributed by atoms with Gasteiger partial charge in [0.05, 0.1) is 13.1 Å². The van der Waals surface area contributed by atoms with Gasteiger partial charge in [-0.15, -0.1) is 11.3 Å². The van der Waals surface area contributed by atoms with E-state index in [4.69, 9.17) is 4.42 Å². The Morgan fingerprint density at radius 1 is 1.29 bits per heavy atom. The number of guanidine groups is 1. The number of benzene rings is 1. The van der Waals surface area contributed by atoms with Gasteiger partial charge in [-0.05, 0) is 32.0 Å². The second kappa shape index (κ2) is 7.00. The van der Waals surface area contributed by atoms with Gasteiger partial charge in [0, 0.05) is 29.1 Å². The van der Waals surface area contributed by atoms with Gasteiger partial charge in [0.15, 0.2) is 5.96 Å². The molecule has 0 unspecified atom stereocenters. The lowest BCUT2D eigenvalue weighted by Gasteiger charge is -2.10. The maximum absolute atomic E-state index is 13.4. The van der Waals surface area contributed by atoms with Crippen LogP contribution in [0.5, 0.6) is 0 Å². The van der Waals surface area contributed by atoms with E-state index < -0.39 is 0 Å². The first-order valence-corrected chi connectivity index (χ1v) is 8.48. The van der Waals surface area contributed by atoms with Crippen LogP contribution in [0.2, 0.25) is 0 Å². The largest absolute Gasteiger partial charge is 0.459 e. The number of rotatable bonds is 4. The standard InChI is InChI=1S/C17H19FN4OS/c1-10-9-24-16(22-10)8-21-17(19-3)20-7-15-11(2)13-6-12(18)4-5-14(13)23-15/h4-6,9H,7-8H2,1-3H3,(H2,19,20,21). The average Bonchev–Trinajstić information content (AvgIpc) is 3.12. The molecular weight excluding hydrogens is 327 g/mol. The first-order chi connectivity index (χ1) is 11.6. The fourth-order valence-electron chi connectivity index (χ4n) is 2.44. The van der Waals surface area contributed by atoms with E-state index in [9.17, 15) is 4.39 Å². The molecule has 0 aliphatic heterocycles. The quantitative estimate of drug-likeness (QED) is 0.560. The number of thiazole rings is 1. The first kappa shape index (κ1) is 16.4. The molecule has 0 aliphatic carbocycles. The zero-order chi connectivity index (χ0) is 17.1. The molecule has 7 heteroatoms. The summed E-state index contributed by atoms with van der Waals surface area (Å²) in [5.41, 5.74) is 2.64. The Bertz CT molecular complexity index is 884. The lowest BCUT2D eigenvalue weighted by atomic mass is 10.1. The molecule has 0 radical (unpaired) electrons. The molecule has 126 valence electrons. The van der Waals surface area contributed by atoms with Crippen LogP contribution in [0, 0.1) is 19.7 Å². The van der Waals surface area contributed by atoms with E-state index in [0.29, 0.717) is 24.6 Å². The molecule has 0 spiro atoms. The van der Waals surface area contributed by atoms with Crippen LogP contribution in [0.4, 0.5) is 4.39 Å². The van der Waals surface area contributed by atoms with Crippen molar-refractivity contribution in [3.05, 3.63) is 51.4 Å². The molecule has 1 aromatic carbocycles. The number of nitrogens with zero attached hydrogens (tertiary/aromatic N) is 2. The Balaban J connectivity index is 1.64. The first-order valence-electron chi connectivity index (χ1n) is 7.60. The fraction of sp³-hybridized carbons (Fsp3) is 0.294. The van der Waals surface area contributed by atoms with Gasteiger partial charge >= 0.3 is 0 Å². The van der Waals surface area contributed by atoms with Crippen molar-refractivity contribution >= 4 is 28.3 Å². The Morgan fingerprint density at radius 3 is 2.79 bits per heavy atom. The van der Waals surface area contributed by atoms with Crippen LogP contribution < -0.4 is 10.6 Å². The number of fused-ring (bicyclic) bond motifs is 1. The molecule has 0 atom stereocenters. The van der Waals surface area contributed by atoms with Gasteiger partial charge in [-0.1, -0.05) is 0 Å². The van der Waals surface area contributed by atoms with Crippen LogP contribution in [0.25, 0.3) is 11.0 Å². The second-order valence-corrected chi connectivity index (χ2v) is 6.40. The van der Waals surface area contributed by atoms with Crippen LogP contribution in [-0.4, -0.2) is 18.0 Å². The maximum Gasteiger partial charge on any atom is 0.191 e. The summed E-state index contributed by atoms with van der Waals surface area (Å²) < 4.78 is 19.2. The minimum Gasteiger partial charge on any atom is -0.459 e. The number of nitrogens with one attached hydrogen (secondary N) is 2. The highest BCUT2D eigenvalue weighted by Crippen LogP contribution is 2.25. The van der Waals surface area contributed by atoms with E-state index in [1.54, 1.807) is 24.5 Å². The molecule has 0 amide bonds. The van der Waals surface area contributed by atoms with E-state index in [1.165, 1.54) is 12.1 Å². The predicted molar refractivity (Wildman–Crippen MR) is 94.8 cm³/mol. The number of hydrogen-bond donors (Lipinski definition) is 2. The average molecular weight is 346 g/mol. The zero-order valence-corrected chi connectivity index (χ0v) is 14.6.